The normalized spacial score (nSPS) is 20.3. The predicted octanol–water partition coefficient (Wildman–Crippen LogP) is 2.76. The molecule has 2 fully saturated rings. The zero-order valence-electron chi connectivity index (χ0n) is 28.3. The van der Waals surface area contributed by atoms with E-state index < -0.39 is 51.9 Å². The zero-order valence-corrected chi connectivity index (χ0v) is 29.1. The average molecular weight is 715 g/mol. The molecule has 2 saturated heterocycles. The fraction of sp³-hybridized carbons (Fsp3) is 0.444. The number of aliphatic hydroxyl groups is 2. The molecule has 5 unspecified atom stereocenters. The standard InChI is InChI=1S/C36H44F2N4O7S/c1-22-6-4-8-30(14-22)50(47,48)41-11-9-39-32(20-41)33(43)31(17-24-15-27(37)19-28(38)16-24)35(45)40-34(44)25-12-23(2)13-26(18-25)36(46)42-10-5-7-29(42)21-49-3/h4,6,8,12-16,18-19,29,31-33,35,39,43,45H,5,7,9-11,17,20-21H2,1-3H3,(H,40,44). The number of sulfonamides is 1. The van der Waals surface area contributed by atoms with Crippen molar-refractivity contribution in [1.29, 1.82) is 0 Å². The van der Waals surface area contributed by atoms with Gasteiger partial charge in [0.05, 0.1) is 23.6 Å². The van der Waals surface area contributed by atoms with Gasteiger partial charge in [-0.05, 0) is 92.3 Å². The minimum atomic E-state index is -3.94. The highest BCUT2D eigenvalue weighted by molar-refractivity contribution is 7.89. The Balaban J connectivity index is 1.38. The molecule has 3 aromatic rings. The third kappa shape index (κ3) is 8.74. The highest BCUT2D eigenvalue weighted by atomic mass is 32.2. The lowest BCUT2D eigenvalue weighted by atomic mass is 9.87. The van der Waals surface area contributed by atoms with Gasteiger partial charge in [0.25, 0.3) is 11.8 Å². The Kier molecular flexibility index (Phi) is 12.0. The molecule has 14 heteroatoms. The first kappa shape index (κ1) is 37.5. The number of hydrogen-bond donors (Lipinski definition) is 4. The Bertz CT molecular complexity index is 1790. The molecule has 2 amide bonds. The molecule has 4 N–H and O–H groups in total. The van der Waals surface area contributed by atoms with Crippen molar-refractivity contribution in [3.05, 3.63) is 100 Å². The molecule has 3 aromatic carbocycles. The first-order valence-corrected chi connectivity index (χ1v) is 18.0. The number of amides is 2. The number of aliphatic hydroxyl groups excluding tert-OH is 2. The van der Waals surface area contributed by atoms with Crippen molar-refractivity contribution in [3.63, 3.8) is 0 Å². The first-order valence-electron chi connectivity index (χ1n) is 16.6. The van der Waals surface area contributed by atoms with E-state index in [0.717, 1.165) is 30.5 Å². The lowest BCUT2D eigenvalue weighted by Gasteiger charge is -2.39. The summed E-state index contributed by atoms with van der Waals surface area (Å²) in [5.41, 5.74) is 1.88. The van der Waals surface area contributed by atoms with Gasteiger partial charge in [0.1, 0.15) is 17.9 Å². The van der Waals surface area contributed by atoms with E-state index in [-0.39, 0.29) is 54.0 Å². The van der Waals surface area contributed by atoms with Gasteiger partial charge in [-0.1, -0.05) is 12.1 Å². The molecule has 0 bridgehead atoms. The third-order valence-corrected chi connectivity index (χ3v) is 11.2. The maximum Gasteiger partial charge on any atom is 0.254 e. The topological polar surface area (TPSA) is 149 Å². The molecule has 5 rings (SSSR count). The smallest absolute Gasteiger partial charge is 0.254 e. The number of carbonyl (C=O) groups is 2. The van der Waals surface area contributed by atoms with Crippen LogP contribution < -0.4 is 10.6 Å². The molecule has 2 aliphatic rings. The molecule has 0 saturated carbocycles. The van der Waals surface area contributed by atoms with Gasteiger partial charge >= 0.3 is 0 Å². The third-order valence-electron chi connectivity index (χ3n) is 9.31. The van der Waals surface area contributed by atoms with Crippen LogP contribution in [0.3, 0.4) is 0 Å². The lowest BCUT2D eigenvalue weighted by Crippen LogP contribution is -2.60. The van der Waals surface area contributed by atoms with Gasteiger partial charge in [0, 0.05) is 62.4 Å². The Labute approximate surface area is 291 Å². The minimum Gasteiger partial charge on any atom is -0.391 e. The molecule has 2 aliphatic heterocycles. The molecule has 2 heterocycles. The molecule has 50 heavy (non-hydrogen) atoms. The minimum absolute atomic E-state index is 0.0851. The van der Waals surface area contributed by atoms with E-state index in [4.69, 9.17) is 4.74 Å². The van der Waals surface area contributed by atoms with Crippen LogP contribution in [0.15, 0.2) is 65.6 Å². The number of benzene rings is 3. The van der Waals surface area contributed by atoms with Crippen molar-refractivity contribution < 1.29 is 41.7 Å². The first-order chi connectivity index (χ1) is 23.8. The molecule has 270 valence electrons. The van der Waals surface area contributed by atoms with E-state index in [1.54, 1.807) is 56.2 Å². The van der Waals surface area contributed by atoms with Crippen molar-refractivity contribution in [2.75, 3.05) is 39.9 Å². The number of ether oxygens (including phenoxy) is 1. The molecule has 0 radical (unpaired) electrons. The van der Waals surface area contributed by atoms with Crippen LogP contribution in [0.25, 0.3) is 0 Å². The SMILES string of the molecule is COCC1CCCN1C(=O)c1cc(C)cc(C(=O)NC(O)C(Cc2cc(F)cc(F)c2)C(O)C2CN(S(=O)(=O)c3cccc(C)c3)CCN2)c1. The quantitative estimate of drug-likeness (QED) is 0.210. The summed E-state index contributed by atoms with van der Waals surface area (Å²) in [6.07, 6.45) is -1.88. The van der Waals surface area contributed by atoms with Crippen LogP contribution in [0.4, 0.5) is 8.78 Å². The summed E-state index contributed by atoms with van der Waals surface area (Å²) in [6.45, 7) is 4.59. The van der Waals surface area contributed by atoms with Crippen LogP contribution in [-0.2, 0) is 21.2 Å². The van der Waals surface area contributed by atoms with Gasteiger partial charge in [-0.3, -0.25) is 9.59 Å². The number of aryl methyl sites for hydroxylation is 2. The monoisotopic (exact) mass is 714 g/mol. The van der Waals surface area contributed by atoms with Crippen LogP contribution >= 0.6 is 0 Å². The van der Waals surface area contributed by atoms with Gasteiger partial charge in [-0.25, -0.2) is 17.2 Å². The van der Waals surface area contributed by atoms with Gasteiger partial charge in [-0.2, -0.15) is 4.31 Å². The van der Waals surface area contributed by atoms with Crippen LogP contribution in [0, 0.1) is 31.4 Å². The Morgan fingerprint density at radius 1 is 1.00 bits per heavy atom. The summed E-state index contributed by atoms with van der Waals surface area (Å²) in [4.78, 5) is 28.9. The second kappa shape index (κ2) is 16.0. The van der Waals surface area contributed by atoms with Crippen LogP contribution in [0.1, 0.15) is 50.2 Å². The fourth-order valence-corrected chi connectivity index (χ4v) is 8.41. The van der Waals surface area contributed by atoms with E-state index in [9.17, 15) is 37.0 Å². The highest BCUT2D eigenvalue weighted by Gasteiger charge is 2.39. The largest absolute Gasteiger partial charge is 0.391 e. The summed E-state index contributed by atoms with van der Waals surface area (Å²) in [5, 5.41) is 28.8. The maximum atomic E-state index is 14.2. The van der Waals surface area contributed by atoms with Crippen molar-refractivity contribution >= 4 is 21.8 Å². The molecule has 0 aromatic heterocycles. The number of halogens is 2. The van der Waals surface area contributed by atoms with Crippen LogP contribution in [-0.4, -0.2) is 104 Å². The van der Waals surface area contributed by atoms with Crippen molar-refractivity contribution in [1.82, 2.24) is 19.8 Å². The Morgan fingerprint density at radius 2 is 1.72 bits per heavy atom. The molecular formula is C36H44F2N4O7S. The highest BCUT2D eigenvalue weighted by Crippen LogP contribution is 2.26. The Morgan fingerprint density at radius 3 is 2.42 bits per heavy atom. The van der Waals surface area contributed by atoms with E-state index in [2.05, 4.69) is 10.6 Å². The number of nitrogens with one attached hydrogen (secondary N) is 2. The summed E-state index contributed by atoms with van der Waals surface area (Å²) < 4.78 is 61.9. The van der Waals surface area contributed by atoms with Gasteiger partial charge in [0.2, 0.25) is 10.0 Å². The summed E-state index contributed by atoms with van der Waals surface area (Å²) in [7, 11) is -2.36. The summed E-state index contributed by atoms with van der Waals surface area (Å²) in [5.74, 6) is -3.96. The number of methoxy groups -OCH3 is 1. The van der Waals surface area contributed by atoms with Crippen LogP contribution in [0.5, 0.6) is 0 Å². The number of rotatable bonds is 12. The van der Waals surface area contributed by atoms with Gasteiger partial charge in [0.15, 0.2) is 0 Å². The van der Waals surface area contributed by atoms with Crippen molar-refractivity contribution in [3.8, 4) is 0 Å². The van der Waals surface area contributed by atoms with E-state index in [0.29, 0.717) is 30.3 Å². The summed E-state index contributed by atoms with van der Waals surface area (Å²) >= 11 is 0. The fourth-order valence-electron chi connectivity index (χ4n) is 6.84. The predicted molar refractivity (Wildman–Crippen MR) is 182 cm³/mol. The zero-order chi connectivity index (χ0) is 36.2. The van der Waals surface area contributed by atoms with E-state index in [1.165, 1.54) is 16.4 Å². The second-order valence-electron chi connectivity index (χ2n) is 13.1. The maximum absolute atomic E-state index is 14.2. The van der Waals surface area contributed by atoms with Gasteiger partial charge in [-0.15, -0.1) is 0 Å². The molecule has 0 aliphatic carbocycles. The number of hydrogen-bond acceptors (Lipinski definition) is 8. The Hall–Kier alpha value is -3.79. The molecule has 5 atom stereocenters. The van der Waals surface area contributed by atoms with E-state index in [1.807, 2.05) is 0 Å². The summed E-state index contributed by atoms with van der Waals surface area (Å²) in [6, 6.07) is 12.9. The van der Waals surface area contributed by atoms with E-state index >= 15 is 0 Å². The second-order valence-corrected chi connectivity index (χ2v) is 15.1. The molecular weight excluding hydrogens is 670 g/mol. The van der Waals surface area contributed by atoms with Crippen LogP contribution in [0.2, 0.25) is 0 Å². The lowest BCUT2D eigenvalue weighted by molar-refractivity contribution is -0.0250. The average Bonchev–Trinajstić information content (AvgIpc) is 3.54. The molecule has 0 spiro atoms. The number of nitrogens with zero attached hydrogens (tertiary/aromatic N) is 2. The van der Waals surface area contributed by atoms with Crippen molar-refractivity contribution in [2.24, 2.45) is 5.92 Å². The van der Waals surface area contributed by atoms with Gasteiger partial charge < -0.3 is 30.5 Å². The number of likely N-dealkylation sites (tertiary alicyclic amines) is 1. The number of carbonyl (C=O) groups excluding carboxylic acids is 2. The molecule has 11 nitrogen and oxygen atoms in total. The van der Waals surface area contributed by atoms with Crippen molar-refractivity contribution in [2.45, 2.75) is 62.4 Å². The number of piperazine rings is 1.